The predicted molar refractivity (Wildman–Crippen MR) is 81.0 cm³/mol. The number of rotatable bonds is 2. The van der Waals surface area contributed by atoms with Gasteiger partial charge < -0.3 is 0 Å². The van der Waals surface area contributed by atoms with Gasteiger partial charge in [0.05, 0.1) is 0 Å². The van der Waals surface area contributed by atoms with Gasteiger partial charge in [0.2, 0.25) is 0 Å². The third kappa shape index (κ3) is 1.83. The maximum atomic E-state index is 2.42. The molecule has 1 heterocycles. The highest BCUT2D eigenvalue weighted by Gasteiger charge is 2.22. The maximum absolute atomic E-state index is 2.42. The zero-order valence-electron chi connectivity index (χ0n) is 11.2. The molecular weight excluding hydrogens is 236 g/mol. The van der Waals surface area contributed by atoms with Crippen LogP contribution in [-0.2, 0) is 6.42 Å². The van der Waals surface area contributed by atoms with Crippen molar-refractivity contribution < 1.29 is 0 Å². The Morgan fingerprint density at radius 1 is 1.11 bits per heavy atom. The summed E-state index contributed by atoms with van der Waals surface area (Å²) < 4.78 is 0. The first-order chi connectivity index (χ1) is 8.66. The van der Waals surface area contributed by atoms with E-state index in [1.165, 1.54) is 21.6 Å². The minimum atomic E-state index is 0.661. The molecule has 0 spiro atoms. The number of aryl methyl sites for hydroxylation is 1. The van der Waals surface area contributed by atoms with Gasteiger partial charge in [0, 0.05) is 21.7 Å². The van der Waals surface area contributed by atoms with Gasteiger partial charge in [-0.15, -0.1) is 11.3 Å². The van der Waals surface area contributed by atoms with Crippen molar-refractivity contribution in [3.8, 4) is 11.1 Å². The Balaban J connectivity index is 2.13. The van der Waals surface area contributed by atoms with Gasteiger partial charge in [0.25, 0.3) is 0 Å². The first-order valence-corrected chi connectivity index (χ1v) is 7.36. The molecule has 2 aromatic rings. The SMILES string of the molecule is Cc1sc2c(c1-c1ccccc1)C=C(C(C)C)C2. The minimum Gasteiger partial charge on any atom is -0.144 e. The molecule has 0 amide bonds. The van der Waals surface area contributed by atoms with Gasteiger partial charge >= 0.3 is 0 Å². The minimum absolute atomic E-state index is 0.661. The van der Waals surface area contributed by atoms with E-state index in [-0.39, 0.29) is 0 Å². The maximum Gasteiger partial charge on any atom is 0.0167 e. The normalized spacial score (nSPS) is 13.9. The molecule has 1 aromatic heterocycles. The first kappa shape index (κ1) is 11.7. The Hall–Kier alpha value is -1.34. The molecule has 92 valence electrons. The zero-order valence-corrected chi connectivity index (χ0v) is 12.0. The Kier molecular flexibility index (Phi) is 2.87. The summed E-state index contributed by atoms with van der Waals surface area (Å²) >= 11 is 1.97. The quantitative estimate of drug-likeness (QED) is 0.680. The van der Waals surface area contributed by atoms with E-state index < -0.39 is 0 Å². The van der Waals surface area contributed by atoms with E-state index >= 15 is 0 Å². The smallest absolute Gasteiger partial charge is 0.0167 e. The fraction of sp³-hybridized carbons (Fsp3) is 0.294. The van der Waals surface area contributed by atoms with Crippen LogP contribution in [0, 0.1) is 12.8 Å². The molecule has 0 unspecified atom stereocenters. The Labute approximate surface area is 113 Å². The molecule has 1 aliphatic rings. The van der Waals surface area contributed by atoms with E-state index in [9.17, 15) is 0 Å². The molecular formula is C17H18S. The van der Waals surface area contributed by atoms with Crippen molar-refractivity contribution >= 4 is 17.4 Å². The molecule has 0 radical (unpaired) electrons. The Morgan fingerprint density at radius 2 is 1.83 bits per heavy atom. The summed E-state index contributed by atoms with van der Waals surface area (Å²) in [5.41, 5.74) is 5.86. The second kappa shape index (κ2) is 4.40. The van der Waals surface area contributed by atoms with E-state index in [0.717, 1.165) is 6.42 Å². The lowest BCUT2D eigenvalue weighted by Gasteiger charge is -2.05. The lowest BCUT2D eigenvalue weighted by Crippen LogP contribution is -1.91. The van der Waals surface area contributed by atoms with Gasteiger partial charge in [-0.25, -0.2) is 0 Å². The third-order valence-corrected chi connectivity index (χ3v) is 4.82. The van der Waals surface area contributed by atoms with Crippen LogP contribution in [-0.4, -0.2) is 0 Å². The Bertz CT molecular complexity index is 600. The summed E-state index contributed by atoms with van der Waals surface area (Å²) in [4.78, 5) is 3.00. The molecule has 18 heavy (non-hydrogen) atoms. The van der Waals surface area contributed by atoms with Crippen LogP contribution >= 0.6 is 11.3 Å². The molecule has 1 aromatic carbocycles. The summed E-state index contributed by atoms with van der Waals surface area (Å²) in [5, 5.41) is 0. The van der Waals surface area contributed by atoms with Crippen LogP contribution in [0.3, 0.4) is 0 Å². The number of benzene rings is 1. The molecule has 0 aliphatic heterocycles. The van der Waals surface area contributed by atoms with Crippen LogP contribution in [0.15, 0.2) is 35.9 Å². The molecule has 0 saturated heterocycles. The van der Waals surface area contributed by atoms with Crippen molar-refractivity contribution in [2.24, 2.45) is 5.92 Å². The molecule has 0 bridgehead atoms. The lowest BCUT2D eigenvalue weighted by atomic mass is 10.0. The van der Waals surface area contributed by atoms with Gasteiger partial charge in [-0.1, -0.05) is 55.8 Å². The summed E-state index contributed by atoms with van der Waals surface area (Å²) in [6.07, 6.45) is 3.58. The second-order valence-electron chi connectivity index (χ2n) is 5.29. The van der Waals surface area contributed by atoms with Gasteiger partial charge in [0.15, 0.2) is 0 Å². The number of fused-ring (bicyclic) bond motifs is 1. The largest absolute Gasteiger partial charge is 0.144 e. The summed E-state index contributed by atoms with van der Waals surface area (Å²) in [6.45, 7) is 6.82. The standard InChI is InChI=1S/C17H18S/c1-11(2)14-9-15-16(10-14)18-12(3)17(15)13-7-5-4-6-8-13/h4-9,11H,10H2,1-3H3. The average Bonchev–Trinajstić information content (AvgIpc) is 2.86. The van der Waals surface area contributed by atoms with Gasteiger partial charge in [-0.05, 0) is 24.0 Å². The predicted octanol–water partition coefficient (Wildman–Crippen LogP) is 5.32. The molecule has 0 fully saturated rings. The van der Waals surface area contributed by atoms with Gasteiger partial charge in [-0.3, -0.25) is 0 Å². The highest BCUT2D eigenvalue weighted by atomic mass is 32.1. The van der Waals surface area contributed by atoms with Crippen LogP contribution < -0.4 is 0 Å². The second-order valence-corrected chi connectivity index (χ2v) is 6.60. The Morgan fingerprint density at radius 3 is 2.50 bits per heavy atom. The van der Waals surface area contributed by atoms with Crippen molar-refractivity contribution in [3.63, 3.8) is 0 Å². The number of allylic oxidation sites excluding steroid dienone is 1. The highest BCUT2D eigenvalue weighted by molar-refractivity contribution is 7.12. The van der Waals surface area contributed by atoms with E-state index in [1.54, 1.807) is 10.5 Å². The van der Waals surface area contributed by atoms with Crippen LogP contribution in [0.2, 0.25) is 0 Å². The monoisotopic (exact) mass is 254 g/mol. The number of hydrogen-bond donors (Lipinski definition) is 0. The van der Waals surface area contributed by atoms with E-state index in [2.05, 4.69) is 57.2 Å². The molecule has 0 saturated carbocycles. The molecule has 3 rings (SSSR count). The van der Waals surface area contributed by atoms with Crippen molar-refractivity contribution in [2.45, 2.75) is 27.2 Å². The number of hydrogen-bond acceptors (Lipinski definition) is 1. The molecule has 1 heteroatoms. The van der Waals surface area contributed by atoms with E-state index in [0.29, 0.717) is 5.92 Å². The van der Waals surface area contributed by atoms with Crippen LogP contribution in [0.4, 0.5) is 0 Å². The van der Waals surface area contributed by atoms with Gasteiger partial charge in [-0.2, -0.15) is 0 Å². The summed E-state index contributed by atoms with van der Waals surface area (Å²) in [7, 11) is 0. The fourth-order valence-corrected chi connectivity index (χ4v) is 3.87. The lowest BCUT2D eigenvalue weighted by molar-refractivity contribution is 0.757. The topological polar surface area (TPSA) is 0 Å². The highest BCUT2D eigenvalue weighted by Crippen LogP contribution is 2.43. The fourth-order valence-electron chi connectivity index (χ4n) is 2.66. The van der Waals surface area contributed by atoms with E-state index in [4.69, 9.17) is 0 Å². The zero-order chi connectivity index (χ0) is 12.7. The summed E-state index contributed by atoms with van der Waals surface area (Å²) in [5.74, 6) is 0.661. The van der Waals surface area contributed by atoms with Crippen molar-refractivity contribution in [3.05, 3.63) is 51.2 Å². The molecule has 0 N–H and O–H groups in total. The molecule has 1 aliphatic carbocycles. The van der Waals surface area contributed by atoms with Crippen LogP contribution in [0.5, 0.6) is 0 Å². The van der Waals surface area contributed by atoms with Crippen LogP contribution in [0.25, 0.3) is 17.2 Å². The molecule has 0 nitrogen and oxygen atoms in total. The average molecular weight is 254 g/mol. The van der Waals surface area contributed by atoms with Crippen molar-refractivity contribution in [1.29, 1.82) is 0 Å². The summed E-state index contributed by atoms with van der Waals surface area (Å²) in [6, 6.07) is 10.8. The van der Waals surface area contributed by atoms with Crippen molar-refractivity contribution in [2.75, 3.05) is 0 Å². The van der Waals surface area contributed by atoms with Gasteiger partial charge in [0.1, 0.15) is 0 Å². The number of thiophene rings is 1. The van der Waals surface area contributed by atoms with Crippen molar-refractivity contribution in [1.82, 2.24) is 0 Å². The van der Waals surface area contributed by atoms with Crippen LogP contribution in [0.1, 0.15) is 29.2 Å². The first-order valence-electron chi connectivity index (χ1n) is 6.55. The third-order valence-electron chi connectivity index (χ3n) is 3.70. The molecule has 0 atom stereocenters. The van der Waals surface area contributed by atoms with E-state index in [1.807, 2.05) is 11.3 Å².